The fourth-order valence-corrected chi connectivity index (χ4v) is 1.28. The van der Waals surface area contributed by atoms with Gasteiger partial charge in [-0.25, -0.2) is 0 Å². The van der Waals surface area contributed by atoms with Crippen molar-refractivity contribution >= 4 is 24.5 Å². The number of aliphatic carboxylic acids is 1. The van der Waals surface area contributed by atoms with Gasteiger partial charge in [0, 0.05) is 5.92 Å². The molecule has 92 valence electrons. The monoisotopic (exact) mass is 416 g/mol. The van der Waals surface area contributed by atoms with Crippen molar-refractivity contribution in [1.82, 2.24) is 0 Å². The minimum Gasteiger partial charge on any atom is -0.793 e. The smallest absolute Gasteiger partial charge is 0.793 e. The van der Waals surface area contributed by atoms with E-state index < -0.39 is 23.8 Å². The molecule has 0 saturated carbocycles. The molecule has 5 N–H and O–H groups in total. The zero-order valence-corrected chi connectivity index (χ0v) is 11.1. The minimum absolute atomic E-state index is 0. The topological polar surface area (TPSA) is 106 Å². The molecule has 1 amide bonds. The van der Waals surface area contributed by atoms with Crippen molar-refractivity contribution < 1.29 is 37.1 Å². The van der Waals surface area contributed by atoms with E-state index in [-0.39, 0.29) is 28.8 Å². The van der Waals surface area contributed by atoms with Crippen LogP contribution in [-0.4, -0.2) is 28.8 Å². The summed E-state index contributed by atoms with van der Waals surface area (Å²) in [5.41, 5.74) is 10.4. The van der Waals surface area contributed by atoms with Crippen LogP contribution in [0.1, 0.15) is 19.3 Å². The quantitative estimate of drug-likeness (QED) is 0.373. The average molecular weight is 416 g/mol. The van der Waals surface area contributed by atoms with Crippen molar-refractivity contribution in [3.63, 3.8) is 0 Å². The molecule has 0 spiro atoms. The van der Waals surface area contributed by atoms with Gasteiger partial charge < -0.3 is 29.2 Å². The zero-order chi connectivity index (χ0) is 11.1. The first-order valence-electron chi connectivity index (χ1n) is 4.34. The van der Waals surface area contributed by atoms with E-state index in [9.17, 15) is 9.59 Å². The van der Waals surface area contributed by atoms with E-state index in [0.717, 1.165) is 0 Å². The minimum atomic E-state index is -1.12. The molecule has 2 atom stereocenters. The van der Waals surface area contributed by atoms with Gasteiger partial charge in [0.2, 0.25) is 5.91 Å². The van der Waals surface area contributed by atoms with Crippen molar-refractivity contribution in [1.29, 1.82) is 0 Å². The summed E-state index contributed by atoms with van der Waals surface area (Å²) in [5, 5.41) is 8.54. The van der Waals surface area contributed by atoms with E-state index in [1.807, 2.05) is 0 Å². The standard InChI is InChI=1S/C8H16N2O3S.Au/c9-6(8(12)13)4-5(7(10)11)2-1-3-14;/h5-6,14H,1-4,9H2,(H2,10,11)(H,12,13);/q;+1/p-1. The predicted octanol–water partition coefficient (Wildman–Crippen LogP) is -0.785. The van der Waals surface area contributed by atoms with Crippen LogP contribution in [0.2, 0.25) is 0 Å². The molecule has 0 aliphatic rings. The first kappa shape index (κ1) is 17.4. The van der Waals surface area contributed by atoms with Gasteiger partial charge in [-0.2, -0.15) is 5.75 Å². The summed E-state index contributed by atoms with van der Waals surface area (Å²) in [6, 6.07) is -1.03. The van der Waals surface area contributed by atoms with Gasteiger partial charge in [-0.05, 0) is 12.8 Å². The van der Waals surface area contributed by atoms with Gasteiger partial charge in [0.1, 0.15) is 6.04 Å². The van der Waals surface area contributed by atoms with E-state index in [4.69, 9.17) is 29.2 Å². The Labute approximate surface area is 110 Å². The first-order valence-corrected chi connectivity index (χ1v) is 4.92. The molecule has 0 aromatic carbocycles. The maximum Gasteiger partial charge on any atom is 1.00 e. The number of amides is 1. The maximum atomic E-state index is 10.9. The number of hydrogen-bond donors (Lipinski definition) is 3. The Morgan fingerprint density at radius 1 is 1.40 bits per heavy atom. The predicted molar refractivity (Wildman–Crippen MR) is 54.4 cm³/mol. The number of carbonyl (C=O) groups excluding carboxylic acids is 1. The molecule has 0 radical (unpaired) electrons. The van der Waals surface area contributed by atoms with Crippen LogP contribution in [-0.2, 0) is 44.6 Å². The molecule has 0 bridgehead atoms. The Balaban J connectivity index is 0. The molecule has 7 heteroatoms. The second-order valence-electron chi connectivity index (χ2n) is 3.13. The number of carbonyl (C=O) groups is 2. The van der Waals surface area contributed by atoms with Crippen molar-refractivity contribution in [2.45, 2.75) is 25.3 Å². The molecule has 0 aromatic rings. The van der Waals surface area contributed by atoms with E-state index in [0.29, 0.717) is 18.6 Å². The molecule has 0 aliphatic carbocycles. The number of primary amides is 1. The molecule has 5 nitrogen and oxygen atoms in total. The molecule has 0 aliphatic heterocycles. The van der Waals surface area contributed by atoms with Crippen LogP contribution in [0.15, 0.2) is 0 Å². The van der Waals surface area contributed by atoms with Crippen molar-refractivity contribution in [3.05, 3.63) is 0 Å². The van der Waals surface area contributed by atoms with Crippen LogP contribution >= 0.6 is 0 Å². The third kappa shape index (κ3) is 7.87. The van der Waals surface area contributed by atoms with E-state index >= 15 is 0 Å². The van der Waals surface area contributed by atoms with Crippen LogP contribution in [0.4, 0.5) is 0 Å². The average Bonchev–Trinajstić information content (AvgIpc) is 2.10. The van der Waals surface area contributed by atoms with Crippen LogP contribution in [0, 0.1) is 5.92 Å². The van der Waals surface area contributed by atoms with Gasteiger partial charge >= 0.3 is 28.3 Å². The van der Waals surface area contributed by atoms with Crippen molar-refractivity contribution in [2.24, 2.45) is 17.4 Å². The largest absolute Gasteiger partial charge is 1.00 e. The fourth-order valence-electron chi connectivity index (χ4n) is 1.11. The van der Waals surface area contributed by atoms with Gasteiger partial charge in [-0.3, -0.25) is 9.59 Å². The molecule has 2 unspecified atom stereocenters. The molecule has 15 heavy (non-hydrogen) atoms. The molecule has 0 aromatic heterocycles. The number of nitrogens with two attached hydrogens (primary N) is 2. The molecule has 0 heterocycles. The summed E-state index contributed by atoms with van der Waals surface area (Å²) < 4.78 is 0. The van der Waals surface area contributed by atoms with E-state index in [1.165, 1.54) is 0 Å². The Kier molecular flexibility index (Phi) is 10.7. The van der Waals surface area contributed by atoms with Gasteiger partial charge in [0.15, 0.2) is 0 Å². The Morgan fingerprint density at radius 2 is 1.93 bits per heavy atom. The first-order chi connectivity index (χ1) is 6.49. The van der Waals surface area contributed by atoms with E-state index in [1.54, 1.807) is 0 Å². The van der Waals surface area contributed by atoms with Crippen molar-refractivity contribution in [2.75, 3.05) is 5.75 Å². The number of carboxylic acid groups (broad SMARTS) is 1. The molecule has 0 saturated heterocycles. The summed E-state index contributed by atoms with van der Waals surface area (Å²) in [5.74, 6) is -1.57. The van der Waals surface area contributed by atoms with Crippen LogP contribution in [0.5, 0.6) is 0 Å². The van der Waals surface area contributed by atoms with E-state index in [2.05, 4.69) is 0 Å². The second kappa shape index (κ2) is 9.23. The fraction of sp³-hybridized carbons (Fsp3) is 0.750. The Morgan fingerprint density at radius 3 is 2.27 bits per heavy atom. The normalized spacial score (nSPS) is 13.7. The number of hydrogen-bond acceptors (Lipinski definition) is 4. The maximum absolute atomic E-state index is 10.9. The molecular weight excluding hydrogens is 401 g/mol. The summed E-state index contributed by atoms with van der Waals surface area (Å²) >= 11 is 4.72. The van der Waals surface area contributed by atoms with Gasteiger partial charge in [0.05, 0.1) is 0 Å². The zero-order valence-electron chi connectivity index (χ0n) is 8.11. The number of rotatable bonds is 7. The SMILES string of the molecule is NC(=O)C(CCC[S-])CC(N)C(=O)O.[Au+]. The third-order valence-corrected chi connectivity index (χ3v) is 2.24. The van der Waals surface area contributed by atoms with Crippen LogP contribution in [0.3, 0.4) is 0 Å². The third-order valence-electron chi connectivity index (χ3n) is 1.95. The summed E-state index contributed by atoms with van der Waals surface area (Å²) in [7, 11) is 0. The summed E-state index contributed by atoms with van der Waals surface area (Å²) in [4.78, 5) is 21.3. The van der Waals surface area contributed by atoms with Gasteiger partial charge in [-0.1, -0.05) is 6.42 Å². The summed E-state index contributed by atoms with van der Waals surface area (Å²) in [6.45, 7) is 0. The van der Waals surface area contributed by atoms with Gasteiger partial charge in [-0.15, -0.1) is 0 Å². The number of carboxylic acids is 1. The molecular formula is C8H15AuN2O3S. The van der Waals surface area contributed by atoms with Crippen molar-refractivity contribution in [3.8, 4) is 0 Å². The molecule has 0 rings (SSSR count). The Bertz CT molecular complexity index is 216. The van der Waals surface area contributed by atoms with Gasteiger partial charge in [0.25, 0.3) is 0 Å². The second-order valence-corrected chi connectivity index (χ2v) is 3.53. The summed E-state index contributed by atoms with van der Waals surface area (Å²) in [6.07, 6.45) is 1.27. The van der Waals surface area contributed by atoms with Crippen LogP contribution < -0.4 is 11.5 Å². The molecule has 0 fully saturated rings. The Hall–Kier alpha value is -0.00974. The van der Waals surface area contributed by atoms with Crippen LogP contribution in [0.25, 0.3) is 0 Å².